The number of hydrogen-bond donors (Lipinski definition) is 0. The first-order valence-electron chi connectivity index (χ1n) is 7.57. The third kappa shape index (κ3) is 3.44. The fourth-order valence-corrected chi connectivity index (χ4v) is 4.39. The Hall–Kier alpha value is -2.21. The Bertz CT molecular complexity index is 1040. The molecule has 2 aromatic carbocycles. The van der Waals surface area contributed by atoms with Gasteiger partial charge in [0, 0.05) is 21.2 Å². The van der Waals surface area contributed by atoms with Gasteiger partial charge in [0.25, 0.3) is 0 Å². The molecule has 0 aliphatic carbocycles. The van der Waals surface area contributed by atoms with Crippen molar-refractivity contribution in [2.75, 3.05) is 0 Å². The number of esters is 1. The molecule has 0 atom stereocenters. The zero-order valence-corrected chi connectivity index (χ0v) is 15.3. The van der Waals surface area contributed by atoms with Gasteiger partial charge in [0.15, 0.2) is 0 Å². The van der Waals surface area contributed by atoms with E-state index in [4.69, 9.17) is 16.3 Å². The SMILES string of the molecule is O=C(Cc1csc(-c2cccs2)n1)Oc1ccc(Cl)c2ccccc12. The zero-order valence-electron chi connectivity index (χ0n) is 12.9. The molecule has 0 aliphatic rings. The zero-order chi connectivity index (χ0) is 17.2. The fraction of sp³-hybridized carbons (Fsp3) is 0.0526. The number of halogens is 1. The molecule has 0 saturated heterocycles. The van der Waals surface area contributed by atoms with Crippen LogP contribution in [-0.4, -0.2) is 11.0 Å². The van der Waals surface area contributed by atoms with E-state index in [9.17, 15) is 4.79 Å². The third-order valence-electron chi connectivity index (χ3n) is 3.66. The second-order valence-corrected chi connectivity index (χ2v) is 7.58. The second kappa shape index (κ2) is 6.96. The smallest absolute Gasteiger partial charge is 0.317 e. The van der Waals surface area contributed by atoms with E-state index in [0.717, 1.165) is 26.4 Å². The van der Waals surface area contributed by atoms with Crippen LogP contribution in [0.3, 0.4) is 0 Å². The summed E-state index contributed by atoms with van der Waals surface area (Å²) in [5, 5.41) is 7.15. The summed E-state index contributed by atoms with van der Waals surface area (Å²) >= 11 is 9.37. The van der Waals surface area contributed by atoms with Gasteiger partial charge in [-0.1, -0.05) is 41.9 Å². The predicted octanol–water partition coefficient (Wildman–Crippen LogP) is 5.83. The van der Waals surface area contributed by atoms with Crippen molar-refractivity contribution < 1.29 is 9.53 Å². The molecule has 0 unspecified atom stereocenters. The molecule has 4 rings (SSSR count). The van der Waals surface area contributed by atoms with E-state index >= 15 is 0 Å². The maximum Gasteiger partial charge on any atom is 0.317 e. The molecular weight excluding hydrogens is 374 g/mol. The molecule has 2 aromatic heterocycles. The average molecular weight is 386 g/mol. The molecule has 4 aromatic rings. The highest BCUT2D eigenvalue weighted by Gasteiger charge is 2.13. The van der Waals surface area contributed by atoms with Crippen LogP contribution in [0.5, 0.6) is 5.75 Å². The van der Waals surface area contributed by atoms with E-state index in [1.54, 1.807) is 23.5 Å². The highest BCUT2D eigenvalue weighted by atomic mass is 35.5. The monoisotopic (exact) mass is 385 g/mol. The van der Waals surface area contributed by atoms with Crippen LogP contribution in [0.2, 0.25) is 5.02 Å². The quantitative estimate of drug-likeness (QED) is 0.328. The summed E-state index contributed by atoms with van der Waals surface area (Å²) in [6, 6.07) is 15.1. The third-order valence-corrected chi connectivity index (χ3v) is 5.92. The van der Waals surface area contributed by atoms with E-state index in [0.29, 0.717) is 10.8 Å². The Kier molecular flexibility index (Phi) is 4.53. The van der Waals surface area contributed by atoms with Crippen molar-refractivity contribution >= 4 is 51.0 Å². The van der Waals surface area contributed by atoms with Crippen molar-refractivity contribution in [1.82, 2.24) is 4.98 Å². The van der Waals surface area contributed by atoms with Crippen LogP contribution in [0.1, 0.15) is 5.69 Å². The van der Waals surface area contributed by atoms with Gasteiger partial charge >= 0.3 is 5.97 Å². The number of ether oxygens (including phenoxy) is 1. The first kappa shape index (κ1) is 16.3. The Labute approximate surface area is 157 Å². The molecular formula is C19H12ClNO2S2. The van der Waals surface area contributed by atoms with Crippen LogP contribution in [0.4, 0.5) is 0 Å². The van der Waals surface area contributed by atoms with Crippen molar-refractivity contribution in [1.29, 1.82) is 0 Å². The largest absolute Gasteiger partial charge is 0.426 e. The normalized spacial score (nSPS) is 10.9. The molecule has 6 heteroatoms. The number of rotatable bonds is 4. The Morgan fingerprint density at radius 1 is 1.04 bits per heavy atom. The van der Waals surface area contributed by atoms with Gasteiger partial charge in [-0.3, -0.25) is 4.79 Å². The Morgan fingerprint density at radius 3 is 2.68 bits per heavy atom. The fourth-order valence-electron chi connectivity index (χ4n) is 2.53. The lowest BCUT2D eigenvalue weighted by atomic mass is 10.1. The van der Waals surface area contributed by atoms with Crippen molar-refractivity contribution in [2.24, 2.45) is 0 Å². The van der Waals surface area contributed by atoms with Crippen molar-refractivity contribution in [3.8, 4) is 15.6 Å². The molecule has 2 heterocycles. The maximum absolute atomic E-state index is 12.3. The van der Waals surface area contributed by atoms with E-state index in [1.807, 2.05) is 47.2 Å². The average Bonchev–Trinajstić information content (AvgIpc) is 3.29. The van der Waals surface area contributed by atoms with E-state index in [1.165, 1.54) is 11.3 Å². The summed E-state index contributed by atoms with van der Waals surface area (Å²) in [6.07, 6.45) is 0.138. The standard InChI is InChI=1S/C19H12ClNO2S2/c20-15-7-8-16(14-5-2-1-4-13(14)15)23-18(22)10-12-11-25-19(21-12)17-6-3-9-24-17/h1-9,11H,10H2. The summed E-state index contributed by atoms with van der Waals surface area (Å²) in [6.45, 7) is 0. The number of aromatic nitrogens is 1. The van der Waals surface area contributed by atoms with Gasteiger partial charge in [-0.05, 0) is 23.6 Å². The lowest BCUT2D eigenvalue weighted by Gasteiger charge is -2.08. The molecule has 0 amide bonds. The minimum absolute atomic E-state index is 0.138. The number of hydrogen-bond acceptors (Lipinski definition) is 5. The van der Waals surface area contributed by atoms with Gasteiger partial charge in [-0.2, -0.15) is 0 Å². The summed E-state index contributed by atoms with van der Waals surface area (Å²) in [5.41, 5.74) is 0.719. The number of carbonyl (C=O) groups excluding carboxylic acids is 1. The van der Waals surface area contributed by atoms with Crippen molar-refractivity contribution in [3.05, 3.63) is 70.0 Å². The molecule has 0 bridgehead atoms. The molecule has 0 fully saturated rings. The van der Waals surface area contributed by atoms with Crippen LogP contribution in [-0.2, 0) is 11.2 Å². The van der Waals surface area contributed by atoms with Gasteiger partial charge in [0.2, 0.25) is 0 Å². The Balaban J connectivity index is 1.52. The van der Waals surface area contributed by atoms with Gasteiger partial charge in [-0.15, -0.1) is 22.7 Å². The summed E-state index contributed by atoms with van der Waals surface area (Å²) in [4.78, 5) is 17.9. The number of benzene rings is 2. The molecule has 0 N–H and O–H groups in total. The van der Waals surface area contributed by atoms with E-state index in [2.05, 4.69) is 4.98 Å². The topological polar surface area (TPSA) is 39.2 Å². The number of carbonyl (C=O) groups is 1. The molecule has 0 radical (unpaired) electrons. The minimum Gasteiger partial charge on any atom is -0.426 e. The number of thiophene rings is 1. The molecule has 25 heavy (non-hydrogen) atoms. The van der Waals surface area contributed by atoms with Crippen molar-refractivity contribution in [2.45, 2.75) is 6.42 Å². The lowest BCUT2D eigenvalue weighted by Crippen LogP contribution is -2.11. The minimum atomic E-state index is -0.337. The molecule has 3 nitrogen and oxygen atoms in total. The van der Waals surface area contributed by atoms with Gasteiger partial charge in [0.1, 0.15) is 10.8 Å². The highest BCUT2D eigenvalue weighted by Crippen LogP contribution is 2.32. The summed E-state index contributed by atoms with van der Waals surface area (Å²) in [5.74, 6) is 0.175. The highest BCUT2D eigenvalue weighted by molar-refractivity contribution is 7.20. The van der Waals surface area contributed by atoms with Crippen LogP contribution >= 0.6 is 34.3 Å². The molecule has 124 valence electrons. The van der Waals surface area contributed by atoms with Gasteiger partial charge < -0.3 is 4.74 Å². The van der Waals surface area contributed by atoms with Gasteiger partial charge in [0.05, 0.1) is 17.0 Å². The first-order chi connectivity index (χ1) is 12.2. The van der Waals surface area contributed by atoms with Crippen LogP contribution in [0, 0.1) is 0 Å². The van der Waals surface area contributed by atoms with E-state index in [-0.39, 0.29) is 12.4 Å². The Morgan fingerprint density at radius 2 is 1.88 bits per heavy atom. The van der Waals surface area contributed by atoms with Crippen LogP contribution in [0.15, 0.2) is 59.3 Å². The predicted molar refractivity (Wildman–Crippen MR) is 104 cm³/mol. The first-order valence-corrected chi connectivity index (χ1v) is 9.70. The second-order valence-electron chi connectivity index (χ2n) is 5.36. The summed E-state index contributed by atoms with van der Waals surface area (Å²) in [7, 11) is 0. The van der Waals surface area contributed by atoms with Crippen LogP contribution in [0.25, 0.3) is 20.7 Å². The molecule has 0 aliphatic heterocycles. The summed E-state index contributed by atoms with van der Waals surface area (Å²) < 4.78 is 5.56. The van der Waals surface area contributed by atoms with Crippen molar-refractivity contribution in [3.63, 3.8) is 0 Å². The molecule has 0 saturated carbocycles. The van der Waals surface area contributed by atoms with E-state index < -0.39 is 0 Å². The number of thiazole rings is 1. The number of nitrogens with zero attached hydrogens (tertiary/aromatic N) is 1. The molecule has 0 spiro atoms. The maximum atomic E-state index is 12.3. The number of fused-ring (bicyclic) bond motifs is 1. The van der Waals surface area contributed by atoms with Gasteiger partial charge in [-0.25, -0.2) is 4.98 Å². The lowest BCUT2D eigenvalue weighted by molar-refractivity contribution is -0.133. The van der Waals surface area contributed by atoms with Crippen LogP contribution < -0.4 is 4.74 Å².